The van der Waals surface area contributed by atoms with Gasteiger partial charge in [0.05, 0.1) is 10.6 Å². The summed E-state index contributed by atoms with van der Waals surface area (Å²) in [7, 11) is -3.87. The SMILES string of the molecule is CC(CN)N(C)c1ccccc1S(=O)(=O)C(F)(F)F. The number of alkyl halides is 3. The number of nitrogens with zero attached hydrogens (tertiary/aromatic N) is 1. The van der Waals surface area contributed by atoms with Crippen LogP contribution in [-0.4, -0.2) is 33.6 Å². The highest BCUT2D eigenvalue weighted by Crippen LogP contribution is 2.35. The molecule has 0 amide bonds. The molecule has 0 fully saturated rings. The topological polar surface area (TPSA) is 63.4 Å². The van der Waals surface area contributed by atoms with E-state index in [9.17, 15) is 21.6 Å². The van der Waals surface area contributed by atoms with Crippen LogP contribution in [0.2, 0.25) is 0 Å². The second-order valence-electron chi connectivity index (χ2n) is 4.11. The Labute approximate surface area is 109 Å². The van der Waals surface area contributed by atoms with E-state index in [0.717, 1.165) is 6.07 Å². The van der Waals surface area contributed by atoms with Crippen molar-refractivity contribution < 1.29 is 21.6 Å². The minimum atomic E-state index is -5.38. The molecular weight excluding hydrogens is 281 g/mol. The molecule has 2 N–H and O–H groups in total. The highest BCUT2D eigenvalue weighted by Gasteiger charge is 2.48. The van der Waals surface area contributed by atoms with E-state index in [1.165, 1.54) is 30.1 Å². The average molecular weight is 296 g/mol. The van der Waals surface area contributed by atoms with Gasteiger partial charge in [-0.15, -0.1) is 0 Å². The van der Waals surface area contributed by atoms with Gasteiger partial charge in [-0.2, -0.15) is 13.2 Å². The minimum absolute atomic E-state index is 0.0159. The van der Waals surface area contributed by atoms with Crippen molar-refractivity contribution in [1.29, 1.82) is 0 Å². The molecule has 1 atom stereocenters. The predicted octanol–water partition coefficient (Wildman–Crippen LogP) is 1.76. The van der Waals surface area contributed by atoms with Crippen LogP contribution in [0, 0.1) is 0 Å². The van der Waals surface area contributed by atoms with Gasteiger partial charge in [-0.25, -0.2) is 8.42 Å². The third-order valence-corrected chi connectivity index (χ3v) is 4.38. The van der Waals surface area contributed by atoms with Crippen molar-refractivity contribution in [3.63, 3.8) is 0 Å². The van der Waals surface area contributed by atoms with Gasteiger partial charge in [0.15, 0.2) is 0 Å². The van der Waals surface area contributed by atoms with Crippen molar-refractivity contribution >= 4 is 15.5 Å². The van der Waals surface area contributed by atoms with Crippen LogP contribution >= 0.6 is 0 Å². The molecule has 0 spiro atoms. The summed E-state index contributed by atoms with van der Waals surface area (Å²) in [6.45, 7) is 1.88. The summed E-state index contributed by atoms with van der Waals surface area (Å²) < 4.78 is 60.9. The molecule has 0 bridgehead atoms. The van der Waals surface area contributed by atoms with E-state index >= 15 is 0 Å². The Morgan fingerprint density at radius 2 is 1.84 bits per heavy atom. The first kappa shape index (κ1) is 15.8. The third kappa shape index (κ3) is 3.01. The Bertz CT molecular complexity index is 543. The lowest BCUT2D eigenvalue weighted by molar-refractivity contribution is -0.0435. The maximum absolute atomic E-state index is 12.6. The first-order valence-corrected chi connectivity index (χ1v) is 6.94. The van der Waals surface area contributed by atoms with Crippen molar-refractivity contribution in [2.24, 2.45) is 5.73 Å². The van der Waals surface area contributed by atoms with E-state index in [1.54, 1.807) is 6.92 Å². The van der Waals surface area contributed by atoms with Gasteiger partial charge >= 0.3 is 5.51 Å². The van der Waals surface area contributed by atoms with Gasteiger partial charge in [0.2, 0.25) is 0 Å². The van der Waals surface area contributed by atoms with E-state index in [0.29, 0.717) is 0 Å². The summed E-state index contributed by atoms with van der Waals surface area (Å²) in [5, 5.41) is 0. The first-order chi connectivity index (χ1) is 8.63. The van der Waals surface area contributed by atoms with Crippen LogP contribution in [0.4, 0.5) is 18.9 Å². The molecule has 1 unspecified atom stereocenters. The number of nitrogens with two attached hydrogens (primary N) is 1. The number of halogens is 3. The second-order valence-corrected chi connectivity index (χ2v) is 6.02. The zero-order chi connectivity index (χ0) is 14.8. The van der Waals surface area contributed by atoms with Gasteiger partial charge in [-0.1, -0.05) is 12.1 Å². The van der Waals surface area contributed by atoms with Gasteiger partial charge in [0, 0.05) is 19.6 Å². The monoisotopic (exact) mass is 296 g/mol. The van der Waals surface area contributed by atoms with E-state index in [2.05, 4.69) is 0 Å². The Morgan fingerprint density at radius 3 is 2.32 bits per heavy atom. The molecule has 0 heterocycles. The second kappa shape index (κ2) is 5.38. The normalized spacial score (nSPS) is 14.2. The summed E-state index contributed by atoms with van der Waals surface area (Å²) in [5.74, 6) is 0. The van der Waals surface area contributed by atoms with Gasteiger partial charge in [-0.3, -0.25) is 0 Å². The van der Waals surface area contributed by atoms with E-state index < -0.39 is 20.2 Å². The van der Waals surface area contributed by atoms with E-state index in [-0.39, 0.29) is 18.3 Å². The maximum atomic E-state index is 12.6. The molecule has 1 aromatic carbocycles. The zero-order valence-corrected chi connectivity index (χ0v) is 11.3. The number of likely N-dealkylation sites (N-methyl/N-ethyl adjacent to an activating group) is 1. The number of rotatable bonds is 4. The van der Waals surface area contributed by atoms with Gasteiger partial charge in [0.25, 0.3) is 9.84 Å². The van der Waals surface area contributed by atoms with Gasteiger partial charge in [0.1, 0.15) is 0 Å². The Balaban J connectivity index is 3.40. The average Bonchev–Trinajstić information content (AvgIpc) is 2.35. The molecule has 0 aromatic heterocycles. The molecule has 19 heavy (non-hydrogen) atoms. The summed E-state index contributed by atoms with van der Waals surface area (Å²) in [4.78, 5) is 0.656. The highest BCUT2D eigenvalue weighted by atomic mass is 32.2. The largest absolute Gasteiger partial charge is 0.501 e. The molecule has 8 heteroatoms. The molecule has 0 aliphatic carbocycles. The Morgan fingerprint density at radius 1 is 1.32 bits per heavy atom. The molecular formula is C11H15F3N2O2S. The van der Waals surface area contributed by atoms with Crippen LogP contribution in [-0.2, 0) is 9.84 Å². The summed E-state index contributed by atoms with van der Waals surface area (Å²) >= 11 is 0. The molecule has 1 rings (SSSR count). The molecule has 0 aliphatic rings. The summed E-state index contributed by atoms with van der Waals surface area (Å²) in [6.07, 6.45) is 0. The predicted molar refractivity (Wildman–Crippen MR) is 66.6 cm³/mol. The van der Waals surface area contributed by atoms with Crippen LogP contribution in [0.25, 0.3) is 0 Å². The van der Waals surface area contributed by atoms with Crippen molar-refractivity contribution in [3.8, 4) is 0 Å². The van der Waals surface area contributed by atoms with Gasteiger partial charge < -0.3 is 10.6 Å². The highest BCUT2D eigenvalue weighted by molar-refractivity contribution is 7.92. The molecule has 0 radical (unpaired) electrons. The molecule has 0 aliphatic heterocycles. The van der Waals surface area contributed by atoms with Gasteiger partial charge in [-0.05, 0) is 19.1 Å². The molecule has 0 saturated heterocycles. The number of sulfone groups is 1. The van der Waals surface area contributed by atoms with Crippen molar-refractivity contribution in [1.82, 2.24) is 0 Å². The Hall–Kier alpha value is -1.28. The molecule has 1 aromatic rings. The van der Waals surface area contributed by atoms with Crippen molar-refractivity contribution in [3.05, 3.63) is 24.3 Å². The maximum Gasteiger partial charge on any atom is 0.501 e. The fraction of sp³-hybridized carbons (Fsp3) is 0.455. The van der Waals surface area contributed by atoms with Crippen LogP contribution in [0.15, 0.2) is 29.2 Å². The lowest BCUT2D eigenvalue weighted by Crippen LogP contribution is -2.36. The lowest BCUT2D eigenvalue weighted by atomic mass is 10.2. The zero-order valence-electron chi connectivity index (χ0n) is 10.5. The van der Waals surface area contributed by atoms with E-state index in [1.807, 2.05) is 0 Å². The van der Waals surface area contributed by atoms with Crippen LogP contribution in [0.3, 0.4) is 0 Å². The molecule has 108 valence electrons. The minimum Gasteiger partial charge on any atom is -0.370 e. The van der Waals surface area contributed by atoms with Crippen molar-refractivity contribution in [2.75, 3.05) is 18.5 Å². The third-order valence-electron chi connectivity index (χ3n) is 2.84. The van der Waals surface area contributed by atoms with Crippen molar-refractivity contribution in [2.45, 2.75) is 23.4 Å². The molecule has 4 nitrogen and oxygen atoms in total. The number of para-hydroxylation sites is 1. The Kier molecular flexibility index (Phi) is 4.46. The number of hydrogen-bond donors (Lipinski definition) is 1. The quantitative estimate of drug-likeness (QED) is 0.919. The number of hydrogen-bond acceptors (Lipinski definition) is 4. The van der Waals surface area contributed by atoms with Crippen LogP contribution in [0.5, 0.6) is 0 Å². The van der Waals surface area contributed by atoms with Crippen LogP contribution in [0.1, 0.15) is 6.92 Å². The molecule has 0 saturated carbocycles. The number of benzene rings is 1. The summed E-state index contributed by atoms with van der Waals surface area (Å²) in [6, 6.07) is 4.71. The summed E-state index contributed by atoms with van der Waals surface area (Å²) in [5.41, 5.74) is 0.102. The lowest BCUT2D eigenvalue weighted by Gasteiger charge is -2.28. The first-order valence-electron chi connectivity index (χ1n) is 5.46. The fourth-order valence-corrected chi connectivity index (χ4v) is 2.49. The smallest absolute Gasteiger partial charge is 0.370 e. The standard InChI is InChI=1S/C11H15F3N2O2S/c1-8(7-15)16(2)9-5-3-4-6-10(9)19(17,18)11(12,13)14/h3-6,8H,7,15H2,1-2H3. The fourth-order valence-electron chi connectivity index (χ4n) is 1.50. The number of anilines is 1. The van der Waals surface area contributed by atoms with E-state index in [4.69, 9.17) is 5.73 Å². The van der Waals surface area contributed by atoms with Crippen LogP contribution < -0.4 is 10.6 Å².